The van der Waals surface area contributed by atoms with Crippen LogP contribution in [0.4, 0.5) is 4.79 Å². The average molecular weight is 289 g/mol. The number of hydrogen-bond donors (Lipinski definition) is 2. The van der Waals surface area contributed by atoms with Gasteiger partial charge in [0.1, 0.15) is 5.60 Å². The van der Waals surface area contributed by atoms with Crippen molar-refractivity contribution in [2.45, 2.75) is 31.6 Å². The van der Waals surface area contributed by atoms with Crippen LogP contribution in [0, 0.1) is 0 Å². The molecular formula is C9H21ClN2O4S. The molecule has 0 saturated carbocycles. The van der Waals surface area contributed by atoms with Gasteiger partial charge in [0.15, 0.2) is 9.84 Å². The van der Waals surface area contributed by atoms with E-state index in [0.717, 1.165) is 6.26 Å². The summed E-state index contributed by atoms with van der Waals surface area (Å²) < 4.78 is 27.3. The minimum atomic E-state index is -3.25. The van der Waals surface area contributed by atoms with Gasteiger partial charge in [-0.1, -0.05) is 0 Å². The Labute approximate surface area is 109 Å². The largest absolute Gasteiger partial charge is 0.444 e. The van der Waals surface area contributed by atoms with Crippen molar-refractivity contribution in [3.05, 3.63) is 0 Å². The van der Waals surface area contributed by atoms with E-state index in [1.165, 1.54) is 0 Å². The van der Waals surface area contributed by atoms with Crippen LogP contribution in [0.1, 0.15) is 20.8 Å². The normalized spacial score (nSPS) is 13.5. The molecule has 17 heavy (non-hydrogen) atoms. The van der Waals surface area contributed by atoms with Crippen molar-refractivity contribution in [1.29, 1.82) is 0 Å². The van der Waals surface area contributed by atoms with E-state index in [1.54, 1.807) is 20.8 Å². The van der Waals surface area contributed by atoms with Gasteiger partial charge < -0.3 is 15.8 Å². The Hall–Kier alpha value is -0.530. The zero-order valence-electron chi connectivity index (χ0n) is 10.5. The minimum absolute atomic E-state index is 0. The molecule has 0 aromatic rings. The van der Waals surface area contributed by atoms with E-state index in [0.29, 0.717) is 0 Å². The first-order chi connectivity index (χ1) is 7.06. The molecule has 104 valence electrons. The topological polar surface area (TPSA) is 98.5 Å². The number of carbonyl (C=O) groups is 1. The summed E-state index contributed by atoms with van der Waals surface area (Å²) in [6, 6.07) is 0. The van der Waals surface area contributed by atoms with E-state index >= 15 is 0 Å². The molecule has 3 N–H and O–H groups in total. The van der Waals surface area contributed by atoms with Crippen molar-refractivity contribution in [2.75, 3.05) is 19.3 Å². The van der Waals surface area contributed by atoms with E-state index < -0.39 is 26.8 Å². The number of rotatable bonds is 4. The lowest BCUT2D eigenvalue weighted by Gasteiger charge is -2.21. The Morgan fingerprint density at radius 3 is 2.18 bits per heavy atom. The summed E-state index contributed by atoms with van der Waals surface area (Å²) in [6.45, 7) is 5.11. The zero-order chi connectivity index (χ0) is 13.0. The lowest BCUT2D eigenvalue weighted by molar-refractivity contribution is 0.0528. The summed E-state index contributed by atoms with van der Waals surface area (Å²) in [6.07, 6.45) is 0.441. The molecule has 0 radical (unpaired) electrons. The van der Waals surface area contributed by atoms with Crippen molar-refractivity contribution in [3.8, 4) is 0 Å². The lowest BCUT2D eigenvalue weighted by Crippen LogP contribution is -2.42. The molecule has 8 heteroatoms. The van der Waals surface area contributed by atoms with Gasteiger partial charge in [-0.25, -0.2) is 13.2 Å². The van der Waals surface area contributed by atoms with Crippen LogP contribution >= 0.6 is 12.4 Å². The second kappa shape index (κ2) is 7.03. The van der Waals surface area contributed by atoms with Gasteiger partial charge in [-0.2, -0.15) is 0 Å². The molecule has 0 aromatic heterocycles. The Bertz CT molecular complexity index is 337. The number of carbonyl (C=O) groups excluding carboxylic acids is 1. The highest BCUT2D eigenvalue weighted by atomic mass is 35.5. The van der Waals surface area contributed by atoms with Crippen LogP contribution in [-0.4, -0.2) is 44.7 Å². The highest BCUT2D eigenvalue weighted by molar-refractivity contribution is 7.91. The first-order valence-electron chi connectivity index (χ1n) is 4.92. The third-order valence-electron chi connectivity index (χ3n) is 1.74. The van der Waals surface area contributed by atoms with Gasteiger partial charge in [-0.05, 0) is 20.8 Å². The summed E-state index contributed by atoms with van der Waals surface area (Å²) in [7, 11) is -3.25. The predicted molar refractivity (Wildman–Crippen MR) is 69.2 cm³/mol. The number of amides is 1. The van der Waals surface area contributed by atoms with Gasteiger partial charge >= 0.3 is 6.09 Å². The highest BCUT2D eigenvalue weighted by Gasteiger charge is 2.21. The average Bonchev–Trinajstić information content (AvgIpc) is 1.98. The van der Waals surface area contributed by atoms with Gasteiger partial charge in [0.25, 0.3) is 0 Å². The van der Waals surface area contributed by atoms with E-state index in [2.05, 4.69) is 5.32 Å². The molecule has 6 nitrogen and oxygen atoms in total. The van der Waals surface area contributed by atoms with Crippen molar-refractivity contribution in [1.82, 2.24) is 5.32 Å². The molecule has 0 aromatic carbocycles. The highest BCUT2D eigenvalue weighted by Crippen LogP contribution is 2.06. The van der Waals surface area contributed by atoms with Gasteiger partial charge in [-0.15, -0.1) is 12.4 Å². The van der Waals surface area contributed by atoms with Crippen LogP contribution < -0.4 is 11.1 Å². The van der Waals surface area contributed by atoms with Crippen molar-refractivity contribution in [2.24, 2.45) is 5.73 Å². The first-order valence-corrected chi connectivity index (χ1v) is 6.87. The van der Waals surface area contributed by atoms with E-state index in [-0.39, 0.29) is 25.5 Å². The molecule has 0 rings (SSSR count). The Balaban J connectivity index is 0. The zero-order valence-corrected chi connectivity index (χ0v) is 12.2. The maximum atomic E-state index is 11.2. The first kappa shape index (κ1) is 18.8. The minimum Gasteiger partial charge on any atom is -0.444 e. The number of alkyl carbamates (subject to hydrolysis) is 1. The molecule has 0 aliphatic carbocycles. The van der Waals surface area contributed by atoms with Gasteiger partial charge in [0.05, 0.1) is 5.25 Å². The summed E-state index contributed by atoms with van der Waals surface area (Å²) in [5.41, 5.74) is 4.70. The monoisotopic (exact) mass is 288 g/mol. The fourth-order valence-corrected chi connectivity index (χ4v) is 1.66. The second-order valence-corrected chi connectivity index (χ2v) is 6.90. The van der Waals surface area contributed by atoms with E-state index in [4.69, 9.17) is 10.5 Å². The maximum Gasteiger partial charge on any atom is 0.407 e. The fraction of sp³-hybridized carbons (Fsp3) is 0.889. The van der Waals surface area contributed by atoms with E-state index in [1.807, 2.05) is 0 Å². The quantitative estimate of drug-likeness (QED) is 0.775. The smallest absolute Gasteiger partial charge is 0.407 e. The summed E-state index contributed by atoms with van der Waals surface area (Å²) in [5.74, 6) is 0. The van der Waals surface area contributed by atoms with Crippen LogP contribution in [-0.2, 0) is 14.6 Å². The predicted octanol–water partition coefficient (Wildman–Crippen LogP) is 0.305. The Kier molecular flexibility index (Phi) is 7.78. The third-order valence-corrected chi connectivity index (χ3v) is 3.31. The second-order valence-electron chi connectivity index (χ2n) is 4.57. The molecule has 1 atom stereocenters. The van der Waals surface area contributed by atoms with Gasteiger partial charge in [0, 0.05) is 19.3 Å². The molecular weight excluding hydrogens is 268 g/mol. The summed E-state index contributed by atoms with van der Waals surface area (Å²) in [5, 5.41) is 1.60. The number of hydrogen-bond acceptors (Lipinski definition) is 5. The number of ether oxygens (including phenoxy) is 1. The van der Waals surface area contributed by atoms with Crippen molar-refractivity contribution in [3.63, 3.8) is 0 Å². The van der Waals surface area contributed by atoms with Crippen molar-refractivity contribution >= 4 is 28.3 Å². The number of sulfone groups is 1. The molecule has 1 unspecified atom stereocenters. The number of nitrogens with two attached hydrogens (primary N) is 1. The van der Waals surface area contributed by atoms with Gasteiger partial charge in [0.2, 0.25) is 0 Å². The maximum absolute atomic E-state index is 11.2. The molecule has 0 saturated heterocycles. The molecule has 1 amide bonds. The van der Waals surface area contributed by atoms with Crippen LogP contribution in [0.15, 0.2) is 0 Å². The molecule has 0 fully saturated rings. The van der Waals surface area contributed by atoms with Crippen LogP contribution in [0.25, 0.3) is 0 Å². The van der Waals surface area contributed by atoms with E-state index in [9.17, 15) is 13.2 Å². The van der Waals surface area contributed by atoms with Crippen LogP contribution in [0.3, 0.4) is 0 Å². The standard InChI is InChI=1S/C9H20N2O4S.ClH/c1-9(2,3)15-8(12)11-6-7(5-10)16(4,13)14;/h7H,5-6,10H2,1-4H3,(H,11,12);1H. The summed E-state index contributed by atoms with van der Waals surface area (Å²) >= 11 is 0. The number of halogens is 1. The fourth-order valence-electron chi connectivity index (χ4n) is 0.921. The van der Waals surface area contributed by atoms with Crippen molar-refractivity contribution < 1.29 is 17.9 Å². The third kappa shape index (κ3) is 9.20. The summed E-state index contributed by atoms with van der Waals surface area (Å²) in [4.78, 5) is 11.2. The number of nitrogens with one attached hydrogen (secondary N) is 1. The molecule has 0 bridgehead atoms. The molecule has 0 spiro atoms. The van der Waals surface area contributed by atoms with Gasteiger partial charge in [-0.3, -0.25) is 0 Å². The van der Waals surface area contributed by atoms with Crippen LogP contribution in [0.2, 0.25) is 0 Å². The SMILES string of the molecule is CC(C)(C)OC(=O)NCC(CN)S(C)(=O)=O.Cl. The molecule has 0 heterocycles. The molecule has 0 aliphatic rings. The van der Waals surface area contributed by atoms with Crippen LogP contribution in [0.5, 0.6) is 0 Å². The molecule has 0 aliphatic heterocycles. The Morgan fingerprint density at radius 1 is 1.41 bits per heavy atom. The Morgan fingerprint density at radius 2 is 1.88 bits per heavy atom. The lowest BCUT2D eigenvalue weighted by atomic mass is 10.2.